The van der Waals surface area contributed by atoms with Gasteiger partial charge in [0.2, 0.25) is 0 Å². The van der Waals surface area contributed by atoms with E-state index in [1.54, 1.807) is 11.3 Å². The lowest BCUT2D eigenvalue weighted by Crippen LogP contribution is -2.40. The first-order valence-corrected chi connectivity index (χ1v) is 8.08. The van der Waals surface area contributed by atoms with Crippen molar-refractivity contribution in [2.24, 2.45) is 5.73 Å². The van der Waals surface area contributed by atoms with Crippen LogP contribution in [-0.2, 0) is 11.2 Å². The molecule has 1 fully saturated rings. The molecule has 4 heteroatoms. The molecule has 2 unspecified atom stereocenters. The van der Waals surface area contributed by atoms with Crippen LogP contribution in [0, 0.1) is 0 Å². The summed E-state index contributed by atoms with van der Waals surface area (Å²) in [6, 6.07) is 10.3. The number of ether oxygens (including phenoxy) is 1. The van der Waals surface area contributed by atoms with Crippen LogP contribution in [-0.4, -0.2) is 23.7 Å². The predicted octanol–water partition coefficient (Wildman–Crippen LogP) is 3.25. The van der Waals surface area contributed by atoms with Crippen molar-refractivity contribution in [3.05, 3.63) is 40.7 Å². The van der Waals surface area contributed by atoms with Gasteiger partial charge in [-0.2, -0.15) is 0 Å². The second-order valence-corrected chi connectivity index (χ2v) is 6.21. The topological polar surface area (TPSA) is 48.1 Å². The highest BCUT2D eigenvalue weighted by Crippen LogP contribution is 2.24. The minimum Gasteiger partial charge on any atom is -0.377 e. The third kappa shape index (κ3) is 3.26. The lowest BCUT2D eigenvalue weighted by Gasteiger charge is -2.27. The van der Waals surface area contributed by atoms with Gasteiger partial charge in [-0.05, 0) is 19.3 Å². The fraction of sp³-hybridized carbons (Fsp3) is 0.438. The van der Waals surface area contributed by atoms with Crippen molar-refractivity contribution >= 4 is 11.3 Å². The van der Waals surface area contributed by atoms with Crippen LogP contribution in [0.3, 0.4) is 0 Å². The first kappa shape index (κ1) is 13.7. The Hall–Kier alpha value is -1.23. The summed E-state index contributed by atoms with van der Waals surface area (Å²) in [4.78, 5) is 4.70. The molecular weight excluding hydrogens is 268 g/mol. The number of hydrogen-bond acceptors (Lipinski definition) is 4. The SMILES string of the molecule is NC(Cc1nc(-c2ccccc2)cs1)C1CCCCO1. The zero-order chi connectivity index (χ0) is 13.8. The highest BCUT2D eigenvalue weighted by Gasteiger charge is 2.22. The van der Waals surface area contributed by atoms with Gasteiger partial charge in [0.25, 0.3) is 0 Å². The van der Waals surface area contributed by atoms with Crippen LogP contribution < -0.4 is 5.73 Å². The summed E-state index contributed by atoms with van der Waals surface area (Å²) >= 11 is 1.69. The van der Waals surface area contributed by atoms with Gasteiger partial charge in [-0.15, -0.1) is 11.3 Å². The number of nitrogens with two attached hydrogens (primary N) is 1. The molecule has 1 aliphatic heterocycles. The highest BCUT2D eigenvalue weighted by atomic mass is 32.1. The average molecular weight is 288 g/mol. The van der Waals surface area contributed by atoms with Gasteiger partial charge in [0, 0.05) is 30.0 Å². The molecule has 1 aromatic carbocycles. The zero-order valence-corrected chi connectivity index (χ0v) is 12.3. The van der Waals surface area contributed by atoms with Gasteiger partial charge >= 0.3 is 0 Å². The number of thiazole rings is 1. The van der Waals surface area contributed by atoms with Crippen molar-refractivity contribution in [3.8, 4) is 11.3 Å². The van der Waals surface area contributed by atoms with Gasteiger partial charge in [-0.25, -0.2) is 4.98 Å². The monoisotopic (exact) mass is 288 g/mol. The van der Waals surface area contributed by atoms with E-state index in [0.29, 0.717) is 0 Å². The van der Waals surface area contributed by atoms with E-state index < -0.39 is 0 Å². The molecule has 20 heavy (non-hydrogen) atoms. The maximum absolute atomic E-state index is 6.27. The molecule has 0 radical (unpaired) electrons. The van der Waals surface area contributed by atoms with E-state index in [4.69, 9.17) is 15.5 Å². The standard InChI is InChI=1S/C16H20N2OS/c17-13(15-8-4-5-9-19-15)10-16-18-14(11-20-16)12-6-2-1-3-7-12/h1-3,6-7,11,13,15H,4-5,8-10,17H2. The van der Waals surface area contributed by atoms with E-state index in [0.717, 1.165) is 35.7 Å². The van der Waals surface area contributed by atoms with Crippen LogP contribution in [0.15, 0.2) is 35.7 Å². The molecule has 1 saturated heterocycles. The summed E-state index contributed by atoms with van der Waals surface area (Å²) in [5.74, 6) is 0. The Morgan fingerprint density at radius 2 is 2.15 bits per heavy atom. The Balaban J connectivity index is 1.65. The van der Waals surface area contributed by atoms with Crippen LogP contribution >= 0.6 is 11.3 Å². The molecule has 0 amide bonds. The molecule has 0 saturated carbocycles. The van der Waals surface area contributed by atoms with E-state index in [-0.39, 0.29) is 12.1 Å². The summed E-state index contributed by atoms with van der Waals surface area (Å²) in [5.41, 5.74) is 8.48. The van der Waals surface area contributed by atoms with Gasteiger partial charge in [-0.1, -0.05) is 30.3 Å². The van der Waals surface area contributed by atoms with Crippen molar-refractivity contribution in [2.75, 3.05) is 6.61 Å². The summed E-state index contributed by atoms with van der Waals surface area (Å²) < 4.78 is 5.76. The molecule has 106 valence electrons. The largest absolute Gasteiger partial charge is 0.377 e. The third-order valence-corrected chi connectivity index (χ3v) is 4.60. The Kier molecular flexibility index (Phi) is 4.45. The molecule has 2 atom stereocenters. The van der Waals surface area contributed by atoms with Crippen LogP contribution in [0.1, 0.15) is 24.3 Å². The second-order valence-electron chi connectivity index (χ2n) is 5.27. The van der Waals surface area contributed by atoms with Crippen LogP contribution in [0.25, 0.3) is 11.3 Å². The Morgan fingerprint density at radius 3 is 2.90 bits per heavy atom. The first-order valence-electron chi connectivity index (χ1n) is 7.20. The minimum absolute atomic E-state index is 0.0603. The molecule has 1 aromatic heterocycles. The van der Waals surface area contributed by atoms with E-state index in [1.165, 1.54) is 12.8 Å². The molecule has 2 aromatic rings. The second kappa shape index (κ2) is 6.48. The van der Waals surface area contributed by atoms with E-state index in [9.17, 15) is 0 Å². The molecule has 0 aliphatic carbocycles. The maximum atomic E-state index is 6.27. The molecule has 0 bridgehead atoms. The number of rotatable bonds is 4. The van der Waals surface area contributed by atoms with E-state index in [1.807, 2.05) is 18.2 Å². The molecular formula is C16H20N2OS. The number of hydrogen-bond donors (Lipinski definition) is 1. The Labute approximate surface area is 123 Å². The molecule has 2 N–H and O–H groups in total. The van der Waals surface area contributed by atoms with E-state index in [2.05, 4.69) is 17.5 Å². The molecule has 1 aliphatic rings. The van der Waals surface area contributed by atoms with Gasteiger partial charge in [0.15, 0.2) is 0 Å². The number of aromatic nitrogens is 1. The fourth-order valence-corrected chi connectivity index (χ4v) is 3.46. The van der Waals surface area contributed by atoms with Crippen molar-refractivity contribution in [1.82, 2.24) is 4.98 Å². The average Bonchev–Trinajstić information content (AvgIpc) is 2.97. The lowest BCUT2D eigenvalue weighted by molar-refractivity contribution is 0.000630. The molecule has 2 heterocycles. The number of nitrogens with zero attached hydrogens (tertiary/aromatic N) is 1. The summed E-state index contributed by atoms with van der Waals surface area (Å²) in [7, 11) is 0. The van der Waals surface area contributed by atoms with Gasteiger partial charge in [0.05, 0.1) is 16.8 Å². The molecule has 3 nitrogen and oxygen atoms in total. The van der Waals surface area contributed by atoms with Gasteiger partial charge in [0.1, 0.15) is 0 Å². The smallest absolute Gasteiger partial charge is 0.0949 e. The quantitative estimate of drug-likeness (QED) is 0.939. The summed E-state index contributed by atoms with van der Waals surface area (Å²) in [5, 5.41) is 3.21. The summed E-state index contributed by atoms with van der Waals surface area (Å²) in [6.07, 6.45) is 4.48. The normalized spacial score (nSPS) is 20.8. The maximum Gasteiger partial charge on any atom is 0.0949 e. The molecule has 0 spiro atoms. The van der Waals surface area contributed by atoms with Crippen LogP contribution in [0.2, 0.25) is 0 Å². The van der Waals surface area contributed by atoms with Crippen LogP contribution in [0.5, 0.6) is 0 Å². The highest BCUT2D eigenvalue weighted by molar-refractivity contribution is 7.09. The summed E-state index contributed by atoms with van der Waals surface area (Å²) in [6.45, 7) is 0.853. The predicted molar refractivity (Wildman–Crippen MR) is 82.8 cm³/mol. The minimum atomic E-state index is 0.0603. The van der Waals surface area contributed by atoms with Crippen LogP contribution in [0.4, 0.5) is 0 Å². The Bertz CT molecular complexity index is 534. The van der Waals surface area contributed by atoms with Crippen molar-refractivity contribution in [3.63, 3.8) is 0 Å². The third-order valence-electron chi connectivity index (χ3n) is 3.72. The molecule has 3 rings (SSSR count). The van der Waals surface area contributed by atoms with Crippen molar-refractivity contribution < 1.29 is 4.74 Å². The lowest BCUT2D eigenvalue weighted by atomic mass is 10.0. The van der Waals surface area contributed by atoms with Crippen molar-refractivity contribution in [1.29, 1.82) is 0 Å². The first-order chi connectivity index (χ1) is 9.83. The number of benzene rings is 1. The van der Waals surface area contributed by atoms with Crippen molar-refractivity contribution in [2.45, 2.75) is 37.8 Å². The Morgan fingerprint density at radius 1 is 1.30 bits per heavy atom. The van der Waals surface area contributed by atoms with Gasteiger partial charge < -0.3 is 10.5 Å². The fourth-order valence-electron chi connectivity index (χ4n) is 2.58. The van der Waals surface area contributed by atoms with E-state index >= 15 is 0 Å². The van der Waals surface area contributed by atoms with Gasteiger partial charge in [-0.3, -0.25) is 0 Å². The zero-order valence-electron chi connectivity index (χ0n) is 11.5.